The zero-order valence-corrected chi connectivity index (χ0v) is 6.34. The molecule has 1 radical (unpaired) electrons. The van der Waals surface area contributed by atoms with Crippen LogP contribution in [0.1, 0.15) is 0 Å². The SMILES string of the molecule is [CH2]N(C=S)c1ccccc1. The van der Waals surface area contributed by atoms with Crippen molar-refractivity contribution in [1.82, 2.24) is 0 Å². The lowest BCUT2D eigenvalue weighted by Crippen LogP contribution is -2.08. The van der Waals surface area contributed by atoms with E-state index in [1.54, 1.807) is 4.90 Å². The number of benzene rings is 1. The molecule has 0 bridgehead atoms. The van der Waals surface area contributed by atoms with Crippen LogP contribution < -0.4 is 4.90 Å². The molecule has 0 heterocycles. The minimum absolute atomic E-state index is 1.01. The second-order valence-corrected chi connectivity index (χ2v) is 2.12. The Morgan fingerprint density at radius 1 is 1.30 bits per heavy atom. The third-order valence-electron chi connectivity index (χ3n) is 1.22. The second-order valence-electron chi connectivity index (χ2n) is 1.91. The standard InChI is InChI=1S/C8H8NS/c1-9(7-10)8-5-3-2-4-6-8/h2-7H,1H2. The lowest BCUT2D eigenvalue weighted by molar-refractivity contribution is 1.41. The highest BCUT2D eigenvalue weighted by Crippen LogP contribution is 2.09. The molecule has 10 heavy (non-hydrogen) atoms. The molecular formula is C8H8NS. The highest BCUT2D eigenvalue weighted by Gasteiger charge is 1.91. The molecule has 0 N–H and O–H groups in total. The molecule has 1 nitrogen and oxygen atoms in total. The van der Waals surface area contributed by atoms with Crippen molar-refractivity contribution < 1.29 is 0 Å². The fourth-order valence-electron chi connectivity index (χ4n) is 0.680. The first kappa shape index (κ1) is 7.22. The summed E-state index contributed by atoms with van der Waals surface area (Å²) in [6, 6.07) is 9.77. The van der Waals surface area contributed by atoms with E-state index in [2.05, 4.69) is 7.05 Å². The van der Waals surface area contributed by atoms with E-state index in [0.717, 1.165) is 5.69 Å². The number of thiocarbonyl (C=S) groups is 1. The second kappa shape index (κ2) is 3.32. The van der Waals surface area contributed by atoms with Gasteiger partial charge in [0.05, 0.1) is 5.49 Å². The number of nitrogens with zero attached hydrogens (tertiary/aromatic N) is 1. The number of rotatable bonds is 2. The van der Waals surface area contributed by atoms with Crippen molar-refractivity contribution in [2.45, 2.75) is 0 Å². The van der Waals surface area contributed by atoms with Crippen LogP contribution in [0.2, 0.25) is 0 Å². The number of hydrogen-bond acceptors (Lipinski definition) is 1. The van der Waals surface area contributed by atoms with Gasteiger partial charge in [-0.1, -0.05) is 30.4 Å². The summed E-state index contributed by atoms with van der Waals surface area (Å²) in [5.74, 6) is 0. The molecule has 1 rings (SSSR count). The highest BCUT2D eigenvalue weighted by atomic mass is 32.1. The Morgan fingerprint density at radius 3 is 2.40 bits per heavy atom. The molecule has 1 aromatic carbocycles. The Bertz CT molecular complexity index is 208. The molecule has 0 aliphatic rings. The molecule has 0 fully saturated rings. The summed E-state index contributed by atoms with van der Waals surface area (Å²) >= 11 is 4.70. The van der Waals surface area contributed by atoms with Gasteiger partial charge in [-0.15, -0.1) is 0 Å². The molecule has 0 amide bonds. The van der Waals surface area contributed by atoms with Gasteiger partial charge in [-0.3, -0.25) is 0 Å². The van der Waals surface area contributed by atoms with Crippen LogP contribution in [0, 0.1) is 7.05 Å². The fourth-order valence-corrected chi connectivity index (χ4v) is 0.802. The molecule has 0 atom stereocenters. The van der Waals surface area contributed by atoms with Crippen LogP contribution in [0.4, 0.5) is 5.69 Å². The van der Waals surface area contributed by atoms with Crippen molar-refractivity contribution >= 4 is 23.4 Å². The smallest absolute Gasteiger partial charge is 0.0686 e. The number of anilines is 1. The number of hydrogen-bond donors (Lipinski definition) is 0. The summed E-state index contributed by atoms with van der Waals surface area (Å²) in [5.41, 5.74) is 2.52. The van der Waals surface area contributed by atoms with Crippen LogP contribution in [0.3, 0.4) is 0 Å². The predicted molar refractivity (Wildman–Crippen MR) is 47.9 cm³/mol. The maximum absolute atomic E-state index is 4.70. The van der Waals surface area contributed by atoms with Crippen LogP contribution in [-0.4, -0.2) is 5.49 Å². The van der Waals surface area contributed by atoms with Gasteiger partial charge in [-0.05, 0) is 12.1 Å². The zero-order valence-electron chi connectivity index (χ0n) is 5.53. The van der Waals surface area contributed by atoms with Crippen LogP contribution in [-0.2, 0) is 0 Å². The van der Waals surface area contributed by atoms with E-state index in [9.17, 15) is 0 Å². The van der Waals surface area contributed by atoms with E-state index in [1.807, 2.05) is 30.3 Å². The van der Waals surface area contributed by atoms with E-state index >= 15 is 0 Å². The van der Waals surface area contributed by atoms with Gasteiger partial charge in [0.2, 0.25) is 0 Å². The molecule has 51 valence electrons. The Hall–Kier alpha value is -0.890. The molecule has 2 heteroatoms. The van der Waals surface area contributed by atoms with E-state index < -0.39 is 0 Å². The van der Waals surface area contributed by atoms with Crippen molar-refractivity contribution in [1.29, 1.82) is 0 Å². The summed E-state index contributed by atoms with van der Waals surface area (Å²) in [7, 11) is 3.70. The topological polar surface area (TPSA) is 3.24 Å². The van der Waals surface area contributed by atoms with Crippen LogP contribution in [0.15, 0.2) is 30.3 Å². The van der Waals surface area contributed by atoms with Crippen LogP contribution in [0.25, 0.3) is 0 Å². The van der Waals surface area contributed by atoms with Crippen LogP contribution in [0.5, 0.6) is 0 Å². The zero-order chi connectivity index (χ0) is 7.40. The first-order chi connectivity index (χ1) is 4.84. The Morgan fingerprint density at radius 2 is 1.90 bits per heavy atom. The van der Waals surface area contributed by atoms with Gasteiger partial charge in [0, 0.05) is 12.7 Å². The largest absolute Gasteiger partial charge is 0.337 e. The van der Waals surface area contributed by atoms with Gasteiger partial charge in [-0.25, -0.2) is 0 Å². The van der Waals surface area contributed by atoms with Gasteiger partial charge in [0.1, 0.15) is 0 Å². The van der Waals surface area contributed by atoms with Crippen molar-refractivity contribution in [3.05, 3.63) is 37.4 Å². The van der Waals surface area contributed by atoms with Gasteiger partial charge < -0.3 is 4.90 Å². The summed E-state index contributed by atoms with van der Waals surface area (Å²) in [4.78, 5) is 1.65. The lowest BCUT2D eigenvalue weighted by Gasteiger charge is -2.10. The van der Waals surface area contributed by atoms with Gasteiger partial charge >= 0.3 is 0 Å². The van der Waals surface area contributed by atoms with Crippen molar-refractivity contribution in [2.24, 2.45) is 0 Å². The minimum Gasteiger partial charge on any atom is -0.337 e. The number of para-hydroxylation sites is 1. The maximum Gasteiger partial charge on any atom is 0.0686 e. The van der Waals surface area contributed by atoms with Gasteiger partial charge in [0.15, 0.2) is 0 Å². The van der Waals surface area contributed by atoms with Gasteiger partial charge in [-0.2, -0.15) is 0 Å². The summed E-state index contributed by atoms with van der Waals surface area (Å²) in [6.07, 6.45) is 0. The summed E-state index contributed by atoms with van der Waals surface area (Å²) in [6.45, 7) is 0. The molecule has 0 saturated heterocycles. The minimum atomic E-state index is 1.01. The van der Waals surface area contributed by atoms with E-state index in [4.69, 9.17) is 12.2 Å². The predicted octanol–water partition coefficient (Wildman–Crippen LogP) is 2.24. The Balaban J connectivity index is 2.84. The van der Waals surface area contributed by atoms with E-state index in [-0.39, 0.29) is 0 Å². The molecule has 0 aromatic heterocycles. The molecular weight excluding hydrogens is 142 g/mol. The molecule has 0 saturated carbocycles. The maximum atomic E-state index is 4.70. The van der Waals surface area contributed by atoms with E-state index in [0.29, 0.717) is 0 Å². The first-order valence-electron chi connectivity index (χ1n) is 2.94. The third kappa shape index (κ3) is 1.54. The van der Waals surface area contributed by atoms with E-state index in [1.165, 1.54) is 5.49 Å². The van der Waals surface area contributed by atoms with Crippen molar-refractivity contribution in [3.63, 3.8) is 0 Å². The molecule has 0 unspecified atom stereocenters. The molecule has 0 spiro atoms. The van der Waals surface area contributed by atoms with Gasteiger partial charge in [0.25, 0.3) is 0 Å². The fraction of sp³-hybridized carbons (Fsp3) is 0. The first-order valence-corrected chi connectivity index (χ1v) is 3.42. The molecule has 0 aliphatic heterocycles. The third-order valence-corrected chi connectivity index (χ3v) is 1.47. The molecule has 1 aromatic rings. The molecule has 0 aliphatic carbocycles. The Kier molecular flexibility index (Phi) is 2.40. The van der Waals surface area contributed by atoms with Crippen LogP contribution >= 0.6 is 12.2 Å². The quantitative estimate of drug-likeness (QED) is 0.595. The summed E-state index contributed by atoms with van der Waals surface area (Å²) < 4.78 is 0. The average Bonchev–Trinajstić information content (AvgIpc) is 2.05. The van der Waals surface area contributed by atoms with Crippen molar-refractivity contribution in [2.75, 3.05) is 4.90 Å². The summed E-state index contributed by atoms with van der Waals surface area (Å²) in [5, 5.41) is 0. The highest BCUT2D eigenvalue weighted by molar-refractivity contribution is 7.79. The average molecular weight is 150 g/mol. The normalized spacial score (nSPS) is 8.90. The monoisotopic (exact) mass is 150 g/mol. The lowest BCUT2D eigenvalue weighted by atomic mass is 10.3. The van der Waals surface area contributed by atoms with Crippen molar-refractivity contribution in [3.8, 4) is 0 Å². The Labute approximate surface area is 66.3 Å².